The quantitative estimate of drug-likeness (QED) is 0.716. The Kier molecular flexibility index (Phi) is 4.94. The van der Waals surface area contributed by atoms with Gasteiger partial charge in [-0.05, 0) is 51.0 Å². The number of hydrogen-bond acceptors (Lipinski definition) is 4. The molecule has 0 aliphatic carbocycles. The molecular weight excluding hydrogens is 299 g/mol. The Morgan fingerprint density at radius 2 is 1.18 bits per heavy atom. The van der Waals surface area contributed by atoms with Gasteiger partial charge in [0.2, 0.25) is 0 Å². The van der Waals surface area contributed by atoms with Gasteiger partial charge in [-0.3, -0.25) is 4.52 Å². The number of rotatable bonds is 5. The first-order valence-corrected chi connectivity index (χ1v) is 8.48. The van der Waals surface area contributed by atoms with Crippen molar-refractivity contribution in [2.45, 2.75) is 27.7 Å². The Balaban J connectivity index is 2.26. The molecule has 2 rings (SSSR count). The van der Waals surface area contributed by atoms with Crippen LogP contribution in [0.1, 0.15) is 22.3 Å². The van der Waals surface area contributed by atoms with E-state index < -0.39 is 7.82 Å². The van der Waals surface area contributed by atoms with Gasteiger partial charge in [-0.25, -0.2) is 4.57 Å². The molecule has 0 amide bonds. The molecule has 118 valence electrons. The van der Waals surface area contributed by atoms with Crippen molar-refractivity contribution in [3.8, 4) is 11.5 Å². The van der Waals surface area contributed by atoms with Gasteiger partial charge in [-0.15, -0.1) is 0 Å². The summed E-state index contributed by atoms with van der Waals surface area (Å²) < 4.78 is 28.8. The lowest BCUT2D eigenvalue weighted by atomic mass is 10.1. The Hall–Kier alpha value is -1.77. The first kappa shape index (κ1) is 16.6. The van der Waals surface area contributed by atoms with E-state index in [4.69, 9.17) is 13.6 Å². The summed E-state index contributed by atoms with van der Waals surface area (Å²) in [7, 11) is -2.41. The van der Waals surface area contributed by atoms with Crippen LogP contribution >= 0.6 is 7.82 Å². The van der Waals surface area contributed by atoms with Gasteiger partial charge in [0, 0.05) is 7.11 Å². The minimum absolute atomic E-state index is 0.487. The standard InChI is InChI=1S/C17H21O4P/c1-12-6-8-16(14(3)10-12)20-22(18,19-5)21-17-9-7-13(2)11-15(17)4/h6-11H,1-5H3. The maximum Gasteiger partial charge on any atom is 0.587 e. The highest BCUT2D eigenvalue weighted by molar-refractivity contribution is 7.49. The number of aryl methyl sites for hydroxylation is 4. The van der Waals surface area contributed by atoms with E-state index in [0.29, 0.717) is 11.5 Å². The van der Waals surface area contributed by atoms with Gasteiger partial charge in [0.15, 0.2) is 0 Å². The lowest BCUT2D eigenvalue weighted by molar-refractivity contribution is 0.249. The van der Waals surface area contributed by atoms with Crippen molar-refractivity contribution in [1.29, 1.82) is 0 Å². The Morgan fingerprint density at radius 1 is 0.773 bits per heavy atom. The second kappa shape index (κ2) is 6.55. The van der Waals surface area contributed by atoms with Crippen LogP contribution in [0.4, 0.5) is 0 Å². The number of phosphoric acid groups is 1. The van der Waals surface area contributed by atoms with Gasteiger partial charge in [0.1, 0.15) is 11.5 Å². The Morgan fingerprint density at radius 3 is 1.50 bits per heavy atom. The zero-order valence-corrected chi connectivity index (χ0v) is 14.4. The maximum absolute atomic E-state index is 12.7. The third-order valence-corrected chi connectivity index (χ3v) is 4.59. The van der Waals surface area contributed by atoms with Crippen molar-refractivity contribution < 1.29 is 18.1 Å². The van der Waals surface area contributed by atoms with Gasteiger partial charge in [-0.2, -0.15) is 0 Å². The second-order valence-electron chi connectivity index (χ2n) is 5.35. The topological polar surface area (TPSA) is 44.8 Å². The van der Waals surface area contributed by atoms with E-state index in [1.165, 1.54) is 7.11 Å². The van der Waals surface area contributed by atoms with Gasteiger partial charge in [-0.1, -0.05) is 35.4 Å². The lowest BCUT2D eigenvalue weighted by Gasteiger charge is -2.19. The summed E-state index contributed by atoms with van der Waals surface area (Å²) in [5, 5.41) is 0. The van der Waals surface area contributed by atoms with E-state index in [1.54, 1.807) is 12.1 Å². The van der Waals surface area contributed by atoms with Crippen LogP contribution in [-0.2, 0) is 9.09 Å². The van der Waals surface area contributed by atoms with E-state index in [0.717, 1.165) is 22.3 Å². The summed E-state index contributed by atoms with van der Waals surface area (Å²) in [4.78, 5) is 0. The summed E-state index contributed by atoms with van der Waals surface area (Å²) in [5.41, 5.74) is 3.96. The first-order valence-electron chi connectivity index (χ1n) is 7.02. The van der Waals surface area contributed by atoms with Crippen LogP contribution < -0.4 is 9.05 Å². The molecule has 0 unspecified atom stereocenters. The third-order valence-electron chi connectivity index (χ3n) is 3.30. The molecule has 0 N–H and O–H groups in total. The fourth-order valence-electron chi connectivity index (χ4n) is 2.14. The monoisotopic (exact) mass is 320 g/mol. The minimum atomic E-state index is -3.73. The summed E-state index contributed by atoms with van der Waals surface area (Å²) in [6, 6.07) is 11.2. The molecule has 0 fully saturated rings. The molecule has 0 saturated heterocycles. The van der Waals surface area contributed by atoms with E-state index in [2.05, 4.69) is 0 Å². The molecule has 0 aliphatic rings. The molecule has 4 nitrogen and oxygen atoms in total. The average Bonchev–Trinajstić information content (AvgIpc) is 2.45. The van der Waals surface area contributed by atoms with Crippen molar-refractivity contribution >= 4 is 7.82 Å². The molecule has 0 bridgehead atoms. The summed E-state index contributed by atoms with van der Waals surface area (Å²) in [6.45, 7) is 7.75. The van der Waals surface area contributed by atoms with Crippen LogP contribution in [0.15, 0.2) is 36.4 Å². The second-order valence-corrected chi connectivity index (χ2v) is 6.97. The van der Waals surface area contributed by atoms with Crippen molar-refractivity contribution in [2.75, 3.05) is 7.11 Å². The molecule has 22 heavy (non-hydrogen) atoms. The van der Waals surface area contributed by atoms with Crippen molar-refractivity contribution in [3.63, 3.8) is 0 Å². The molecule has 0 atom stereocenters. The molecule has 0 aromatic heterocycles. The van der Waals surface area contributed by atoms with Crippen LogP contribution in [0.25, 0.3) is 0 Å². The molecule has 5 heteroatoms. The molecule has 2 aromatic rings. The van der Waals surface area contributed by atoms with Crippen LogP contribution in [0.5, 0.6) is 11.5 Å². The molecule has 0 radical (unpaired) electrons. The number of hydrogen-bond donors (Lipinski definition) is 0. The van der Waals surface area contributed by atoms with Crippen LogP contribution in [0.3, 0.4) is 0 Å². The highest BCUT2D eigenvalue weighted by atomic mass is 31.2. The van der Waals surface area contributed by atoms with Crippen LogP contribution in [0.2, 0.25) is 0 Å². The van der Waals surface area contributed by atoms with Crippen LogP contribution in [0, 0.1) is 27.7 Å². The van der Waals surface area contributed by atoms with Crippen LogP contribution in [-0.4, -0.2) is 7.11 Å². The van der Waals surface area contributed by atoms with Gasteiger partial charge in [0.25, 0.3) is 0 Å². The zero-order chi connectivity index (χ0) is 16.3. The summed E-state index contributed by atoms with van der Waals surface area (Å²) in [5.74, 6) is 0.973. The summed E-state index contributed by atoms with van der Waals surface area (Å²) in [6.07, 6.45) is 0. The van der Waals surface area contributed by atoms with Gasteiger partial charge in [0.05, 0.1) is 0 Å². The van der Waals surface area contributed by atoms with Crippen molar-refractivity contribution in [1.82, 2.24) is 0 Å². The molecule has 2 aromatic carbocycles. The van der Waals surface area contributed by atoms with E-state index >= 15 is 0 Å². The summed E-state index contributed by atoms with van der Waals surface area (Å²) >= 11 is 0. The average molecular weight is 320 g/mol. The lowest BCUT2D eigenvalue weighted by Crippen LogP contribution is -2.04. The third kappa shape index (κ3) is 3.90. The number of benzene rings is 2. The maximum atomic E-state index is 12.7. The molecular formula is C17H21O4P. The zero-order valence-electron chi connectivity index (χ0n) is 13.5. The largest absolute Gasteiger partial charge is 0.587 e. The predicted molar refractivity (Wildman–Crippen MR) is 87.7 cm³/mol. The molecule has 0 heterocycles. The van der Waals surface area contributed by atoms with E-state index in [1.807, 2.05) is 52.0 Å². The Bertz CT molecular complexity index is 667. The minimum Gasteiger partial charge on any atom is -0.395 e. The first-order chi connectivity index (χ1) is 10.3. The SMILES string of the molecule is COP(=O)(Oc1ccc(C)cc1C)Oc1ccc(C)cc1C. The number of phosphoric ester groups is 1. The van der Waals surface area contributed by atoms with Gasteiger partial charge >= 0.3 is 7.82 Å². The van der Waals surface area contributed by atoms with Crippen molar-refractivity contribution in [2.24, 2.45) is 0 Å². The molecule has 0 aliphatic heterocycles. The van der Waals surface area contributed by atoms with Crippen molar-refractivity contribution in [3.05, 3.63) is 58.7 Å². The predicted octanol–water partition coefficient (Wildman–Crippen LogP) is 5.13. The van der Waals surface area contributed by atoms with E-state index in [-0.39, 0.29) is 0 Å². The molecule has 0 saturated carbocycles. The Labute approximate surface area is 131 Å². The fourth-order valence-corrected chi connectivity index (χ4v) is 3.22. The smallest absolute Gasteiger partial charge is 0.395 e. The molecule has 0 spiro atoms. The van der Waals surface area contributed by atoms with E-state index in [9.17, 15) is 4.57 Å². The highest BCUT2D eigenvalue weighted by Gasteiger charge is 2.30. The fraction of sp³-hybridized carbons (Fsp3) is 0.294. The normalized spacial score (nSPS) is 11.3. The van der Waals surface area contributed by atoms with Gasteiger partial charge < -0.3 is 9.05 Å². The highest BCUT2D eigenvalue weighted by Crippen LogP contribution is 2.50.